The molecule has 1 aliphatic rings. The number of anilines is 1. The summed E-state index contributed by atoms with van der Waals surface area (Å²) in [5, 5.41) is 9.85. The first-order chi connectivity index (χ1) is 10.2. The van der Waals surface area contributed by atoms with Crippen LogP contribution in [0.1, 0.15) is 21.6 Å². The number of hydrogen-bond acceptors (Lipinski definition) is 4. The first kappa shape index (κ1) is 14.1. The van der Waals surface area contributed by atoms with E-state index in [1.165, 1.54) is 22.3 Å². The molecule has 0 saturated carbocycles. The minimum Gasteiger partial charge on any atom is -0.389 e. The lowest BCUT2D eigenvalue weighted by atomic mass is 10.1. The van der Waals surface area contributed by atoms with Crippen molar-refractivity contribution >= 4 is 16.3 Å². The molecule has 0 radical (unpaired) electrons. The zero-order valence-corrected chi connectivity index (χ0v) is 12.4. The highest BCUT2D eigenvalue weighted by Gasteiger charge is 2.21. The number of hydrogen-bond donors (Lipinski definition) is 1. The van der Waals surface area contributed by atoms with E-state index in [4.69, 9.17) is 5.73 Å². The standard InChI is InChI=1S/C16H16FN3S/c17-12-3-1-2-11(8-12)10-20-6-4-13-14(9-18)16(19)21-15(13)5-7-20/h1-3,8H,4-7,10,19H2. The minimum absolute atomic E-state index is 0.194. The summed E-state index contributed by atoms with van der Waals surface area (Å²) in [5.74, 6) is -0.194. The quantitative estimate of drug-likeness (QED) is 0.928. The highest BCUT2D eigenvalue weighted by molar-refractivity contribution is 7.16. The maximum absolute atomic E-state index is 13.2. The zero-order chi connectivity index (χ0) is 14.8. The van der Waals surface area contributed by atoms with Crippen LogP contribution in [-0.2, 0) is 19.4 Å². The molecule has 1 aliphatic heterocycles. The van der Waals surface area contributed by atoms with Gasteiger partial charge in [0, 0.05) is 24.5 Å². The first-order valence-electron chi connectivity index (χ1n) is 6.94. The van der Waals surface area contributed by atoms with Gasteiger partial charge in [-0.1, -0.05) is 12.1 Å². The van der Waals surface area contributed by atoms with Gasteiger partial charge in [0.2, 0.25) is 0 Å². The lowest BCUT2D eigenvalue weighted by Gasteiger charge is -2.19. The van der Waals surface area contributed by atoms with E-state index in [-0.39, 0.29) is 5.82 Å². The van der Waals surface area contributed by atoms with Crippen LogP contribution in [0.5, 0.6) is 0 Å². The van der Waals surface area contributed by atoms with Crippen molar-refractivity contribution in [3.8, 4) is 6.07 Å². The Morgan fingerprint density at radius 2 is 2.14 bits per heavy atom. The van der Waals surface area contributed by atoms with Crippen molar-refractivity contribution in [1.29, 1.82) is 5.26 Å². The maximum Gasteiger partial charge on any atom is 0.123 e. The van der Waals surface area contributed by atoms with E-state index in [0.717, 1.165) is 43.6 Å². The van der Waals surface area contributed by atoms with Gasteiger partial charge < -0.3 is 5.73 Å². The summed E-state index contributed by atoms with van der Waals surface area (Å²) in [6.45, 7) is 2.52. The molecule has 1 aromatic carbocycles. The van der Waals surface area contributed by atoms with Crippen LogP contribution in [0.4, 0.5) is 9.39 Å². The predicted octanol–water partition coefficient (Wildman–Crippen LogP) is 2.94. The van der Waals surface area contributed by atoms with Gasteiger partial charge in [-0.05, 0) is 36.1 Å². The van der Waals surface area contributed by atoms with Gasteiger partial charge in [-0.2, -0.15) is 5.26 Å². The molecule has 0 unspecified atom stereocenters. The number of fused-ring (bicyclic) bond motifs is 1. The van der Waals surface area contributed by atoms with Gasteiger partial charge >= 0.3 is 0 Å². The Morgan fingerprint density at radius 3 is 2.90 bits per heavy atom. The first-order valence-corrected chi connectivity index (χ1v) is 7.76. The van der Waals surface area contributed by atoms with Crippen molar-refractivity contribution in [1.82, 2.24) is 4.90 Å². The minimum atomic E-state index is -0.194. The van der Waals surface area contributed by atoms with Gasteiger partial charge in [-0.3, -0.25) is 4.90 Å². The van der Waals surface area contributed by atoms with E-state index >= 15 is 0 Å². The largest absolute Gasteiger partial charge is 0.389 e. The number of nitrogens with two attached hydrogens (primary N) is 1. The number of halogens is 1. The second-order valence-corrected chi connectivity index (χ2v) is 6.40. The van der Waals surface area contributed by atoms with Crippen LogP contribution in [0.25, 0.3) is 0 Å². The van der Waals surface area contributed by atoms with Gasteiger partial charge in [0.1, 0.15) is 16.9 Å². The van der Waals surface area contributed by atoms with E-state index in [1.54, 1.807) is 12.1 Å². The second-order valence-electron chi connectivity index (χ2n) is 5.26. The SMILES string of the molecule is N#Cc1c(N)sc2c1CCN(Cc1cccc(F)c1)CC2. The number of thiophene rings is 1. The van der Waals surface area contributed by atoms with Gasteiger partial charge in [0.15, 0.2) is 0 Å². The molecule has 0 atom stereocenters. The van der Waals surface area contributed by atoms with E-state index < -0.39 is 0 Å². The molecule has 0 amide bonds. The molecule has 3 rings (SSSR count). The molecule has 0 spiro atoms. The average molecular weight is 301 g/mol. The summed E-state index contributed by atoms with van der Waals surface area (Å²) < 4.78 is 13.2. The van der Waals surface area contributed by atoms with E-state index in [0.29, 0.717) is 10.6 Å². The molecule has 1 aromatic heterocycles. The summed E-state index contributed by atoms with van der Waals surface area (Å²) in [5.41, 5.74) is 8.65. The molecule has 5 heteroatoms. The summed E-state index contributed by atoms with van der Waals surface area (Å²) in [4.78, 5) is 3.53. The summed E-state index contributed by atoms with van der Waals surface area (Å²) in [7, 11) is 0. The van der Waals surface area contributed by atoms with Crippen LogP contribution in [0.3, 0.4) is 0 Å². The fourth-order valence-corrected chi connectivity index (χ4v) is 3.87. The molecule has 2 heterocycles. The highest BCUT2D eigenvalue weighted by atomic mass is 32.1. The molecule has 0 fully saturated rings. The number of benzene rings is 1. The number of rotatable bonds is 2. The van der Waals surface area contributed by atoms with Crippen molar-refractivity contribution in [2.75, 3.05) is 18.8 Å². The van der Waals surface area contributed by atoms with Crippen LogP contribution in [0.15, 0.2) is 24.3 Å². The third-order valence-corrected chi connectivity index (χ3v) is 4.98. The Labute approximate surface area is 127 Å². The molecule has 3 nitrogen and oxygen atoms in total. The summed E-state index contributed by atoms with van der Waals surface area (Å²) >= 11 is 1.53. The topological polar surface area (TPSA) is 53.1 Å². The molecule has 108 valence electrons. The third-order valence-electron chi connectivity index (χ3n) is 3.86. The smallest absolute Gasteiger partial charge is 0.123 e. The molecule has 0 saturated heterocycles. The van der Waals surface area contributed by atoms with Crippen molar-refractivity contribution < 1.29 is 4.39 Å². The normalized spacial score (nSPS) is 15.2. The second kappa shape index (κ2) is 5.84. The van der Waals surface area contributed by atoms with Crippen LogP contribution in [0, 0.1) is 17.1 Å². The molecule has 21 heavy (non-hydrogen) atoms. The Morgan fingerprint density at radius 1 is 1.33 bits per heavy atom. The summed E-state index contributed by atoms with van der Waals surface area (Å²) in [6.07, 6.45) is 1.74. The predicted molar refractivity (Wildman–Crippen MR) is 82.5 cm³/mol. The van der Waals surface area contributed by atoms with Gasteiger partial charge in [0.25, 0.3) is 0 Å². The Kier molecular flexibility index (Phi) is 3.91. The molecular weight excluding hydrogens is 285 g/mol. The third kappa shape index (κ3) is 2.92. The van der Waals surface area contributed by atoms with Crippen molar-refractivity contribution in [3.63, 3.8) is 0 Å². The molecule has 2 aromatic rings. The van der Waals surface area contributed by atoms with Crippen LogP contribution < -0.4 is 5.73 Å². The van der Waals surface area contributed by atoms with Crippen molar-refractivity contribution in [2.24, 2.45) is 0 Å². The number of nitriles is 1. The number of nitrogens with zero attached hydrogens (tertiary/aromatic N) is 2. The van der Waals surface area contributed by atoms with E-state index in [2.05, 4.69) is 11.0 Å². The Hall–Kier alpha value is -1.90. The molecule has 0 bridgehead atoms. The van der Waals surface area contributed by atoms with Gasteiger partial charge in [-0.25, -0.2) is 4.39 Å². The van der Waals surface area contributed by atoms with Crippen LogP contribution in [0.2, 0.25) is 0 Å². The van der Waals surface area contributed by atoms with Crippen LogP contribution in [-0.4, -0.2) is 18.0 Å². The lowest BCUT2D eigenvalue weighted by molar-refractivity contribution is 0.279. The van der Waals surface area contributed by atoms with Crippen molar-refractivity contribution in [2.45, 2.75) is 19.4 Å². The molecular formula is C16H16FN3S. The molecule has 2 N–H and O–H groups in total. The monoisotopic (exact) mass is 301 g/mol. The van der Waals surface area contributed by atoms with Crippen molar-refractivity contribution in [3.05, 3.63) is 51.7 Å². The maximum atomic E-state index is 13.2. The zero-order valence-electron chi connectivity index (χ0n) is 11.6. The van der Waals surface area contributed by atoms with Gasteiger partial charge in [-0.15, -0.1) is 11.3 Å². The number of nitrogen functional groups attached to an aromatic ring is 1. The lowest BCUT2D eigenvalue weighted by Crippen LogP contribution is -2.26. The van der Waals surface area contributed by atoms with E-state index in [9.17, 15) is 9.65 Å². The average Bonchev–Trinajstić information content (AvgIpc) is 2.64. The fraction of sp³-hybridized carbons (Fsp3) is 0.312. The Balaban J connectivity index is 1.73. The molecule has 0 aliphatic carbocycles. The highest BCUT2D eigenvalue weighted by Crippen LogP contribution is 2.33. The Bertz CT molecular complexity index is 702. The fourth-order valence-electron chi connectivity index (χ4n) is 2.82. The van der Waals surface area contributed by atoms with Gasteiger partial charge in [0.05, 0.1) is 5.56 Å². The summed E-state index contributed by atoms with van der Waals surface area (Å²) in [6, 6.07) is 8.96. The van der Waals surface area contributed by atoms with E-state index in [1.807, 2.05) is 6.07 Å². The van der Waals surface area contributed by atoms with Crippen LogP contribution >= 0.6 is 11.3 Å².